The van der Waals surface area contributed by atoms with Gasteiger partial charge in [-0.15, -0.1) is 0 Å². The van der Waals surface area contributed by atoms with E-state index in [4.69, 9.17) is 5.11 Å². The lowest BCUT2D eigenvalue weighted by Crippen LogP contribution is -2.34. The zero-order chi connectivity index (χ0) is 11.9. The third-order valence-corrected chi connectivity index (χ3v) is 3.73. The predicted molar refractivity (Wildman–Crippen MR) is 50.1 cm³/mol. The summed E-state index contributed by atoms with van der Waals surface area (Å²) < 4.78 is 23.7. The Balaban J connectivity index is 2.58. The fraction of sp³-hybridized carbons (Fsp3) is 0.125. The highest BCUT2D eigenvalue weighted by Crippen LogP contribution is 2.27. The van der Waals surface area contributed by atoms with Gasteiger partial charge in [0.15, 0.2) is 5.03 Å². The first-order valence-electron chi connectivity index (χ1n) is 4.18. The van der Waals surface area contributed by atoms with Gasteiger partial charge < -0.3 is 5.11 Å². The van der Waals surface area contributed by atoms with Crippen molar-refractivity contribution in [3.05, 3.63) is 23.9 Å². The number of pyridine rings is 1. The first kappa shape index (κ1) is 10.6. The number of carboxylic acid groups (broad SMARTS) is 1. The summed E-state index contributed by atoms with van der Waals surface area (Å²) in [5, 5.41) is 8.14. The largest absolute Gasteiger partial charge is 0.480 e. The van der Waals surface area contributed by atoms with E-state index in [1.54, 1.807) is 0 Å². The predicted octanol–water partition coefficient (Wildman–Crippen LogP) is -0.689. The number of carbonyl (C=O) groups excluding carboxylic acids is 1. The maximum atomic E-state index is 11.7. The van der Waals surface area contributed by atoms with Crippen LogP contribution in [-0.2, 0) is 14.8 Å². The van der Waals surface area contributed by atoms with Gasteiger partial charge in [0.05, 0.1) is 5.56 Å². The summed E-state index contributed by atoms with van der Waals surface area (Å²) in [5.74, 6) is -2.25. The molecule has 1 aliphatic heterocycles. The van der Waals surface area contributed by atoms with Gasteiger partial charge in [-0.05, 0) is 12.1 Å². The molecule has 8 heteroatoms. The molecule has 0 unspecified atom stereocenters. The number of hydrogen-bond donors (Lipinski definition) is 1. The monoisotopic (exact) mass is 242 g/mol. The van der Waals surface area contributed by atoms with Gasteiger partial charge in [-0.3, -0.25) is 9.59 Å². The zero-order valence-electron chi connectivity index (χ0n) is 7.82. The van der Waals surface area contributed by atoms with Crippen molar-refractivity contribution in [1.29, 1.82) is 0 Å². The van der Waals surface area contributed by atoms with Crippen LogP contribution in [-0.4, -0.2) is 41.2 Å². The molecule has 1 N–H and O–H groups in total. The maximum absolute atomic E-state index is 11.7. The van der Waals surface area contributed by atoms with Gasteiger partial charge in [0, 0.05) is 6.20 Å². The van der Waals surface area contributed by atoms with Crippen molar-refractivity contribution in [3.63, 3.8) is 0 Å². The number of aliphatic carboxylic acids is 1. The lowest BCUT2D eigenvalue weighted by Gasteiger charge is -2.10. The average Bonchev–Trinajstić information content (AvgIpc) is 2.41. The van der Waals surface area contributed by atoms with Crippen molar-refractivity contribution in [2.24, 2.45) is 0 Å². The molecule has 0 aromatic carbocycles. The fourth-order valence-corrected chi connectivity index (χ4v) is 2.82. The van der Waals surface area contributed by atoms with Crippen LogP contribution in [0.1, 0.15) is 10.4 Å². The molecule has 0 spiro atoms. The number of nitrogens with zero attached hydrogens (tertiary/aromatic N) is 2. The first-order chi connectivity index (χ1) is 7.44. The summed E-state index contributed by atoms with van der Waals surface area (Å²) in [5.41, 5.74) is -0.0937. The fourth-order valence-electron chi connectivity index (χ4n) is 1.39. The van der Waals surface area contributed by atoms with Crippen molar-refractivity contribution in [2.75, 3.05) is 6.54 Å². The van der Waals surface area contributed by atoms with Gasteiger partial charge in [0.1, 0.15) is 6.54 Å². The van der Waals surface area contributed by atoms with Crippen molar-refractivity contribution in [3.8, 4) is 0 Å². The number of carboxylic acids is 1. The Bertz CT molecular complexity index is 580. The van der Waals surface area contributed by atoms with Gasteiger partial charge in [0.2, 0.25) is 0 Å². The second kappa shape index (κ2) is 3.27. The number of hydrogen-bond acceptors (Lipinski definition) is 5. The minimum absolute atomic E-state index is 0.0937. The van der Waals surface area contributed by atoms with Crippen LogP contribution in [0.15, 0.2) is 23.4 Å². The molecule has 1 aromatic heterocycles. The molecule has 7 nitrogen and oxygen atoms in total. The summed E-state index contributed by atoms with van der Waals surface area (Å²) in [6.07, 6.45) is 1.23. The second-order valence-corrected chi connectivity index (χ2v) is 4.84. The molecule has 0 fully saturated rings. The topological polar surface area (TPSA) is 105 Å². The number of fused-ring (bicyclic) bond motifs is 1. The van der Waals surface area contributed by atoms with Crippen molar-refractivity contribution < 1.29 is 23.1 Å². The normalized spacial score (nSPS) is 17.2. The van der Waals surface area contributed by atoms with Crippen LogP contribution in [0.3, 0.4) is 0 Å². The maximum Gasteiger partial charge on any atom is 0.324 e. The Morgan fingerprint density at radius 1 is 1.50 bits per heavy atom. The molecule has 0 bridgehead atoms. The molecule has 1 amide bonds. The second-order valence-electron chi connectivity index (χ2n) is 3.07. The van der Waals surface area contributed by atoms with Crippen molar-refractivity contribution >= 4 is 21.9 Å². The number of aromatic nitrogens is 1. The summed E-state index contributed by atoms with van der Waals surface area (Å²) in [6, 6.07) is 2.71. The molecule has 16 heavy (non-hydrogen) atoms. The highest BCUT2D eigenvalue weighted by Gasteiger charge is 2.43. The Morgan fingerprint density at radius 3 is 2.75 bits per heavy atom. The zero-order valence-corrected chi connectivity index (χ0v) is 8.64. The van der Waals surface area contributed by atoms with Crippen molar-refractivity contribution in [2.45, 2.75) is 5.03 Å². The van der Waals surface area contributed by atoms with E-state index in [2.05, 4.69) is 4.98 Å². The number of rotatable bonds is 2. The van der Waals surface area contributed by atoms with Crippen LogP contribution in [0.5, 0.6) is 0 Å². The molecule has 0 aliphatic carbocycles. The Labute approximate surface area is 90.4 Å². The molecule has 84 valence electrons. The number of sulfonamides is 1. The summed E-state index contributed by atoms with van der Waals surface area (Å²) in [6.45, 7) is -0.891. The third-order valence-electron chi connectivity index (χ3n) is 2.04. The Kier molecular flexibility index (Phi) is 2.16. The van der Waals surface area contributed by atoms with E-state index in [0.29, 0.717) is 4.31 Å². The highest BCUT2D eigenvalue weighted by molar-refractivity contribution is 7.90. The quantitative estimate of drug-likeness (QED) is 0.736. The van der Waals surface area contributed by atoms with Crippen LogP contribution in [0.4, 0.5) is 0 Å². The molecule has 0 saturated carbocycles. The van der Waals surface area contributed by atoms with Crippen LogP contribution in [0, 0.1) is 0 Å². The van der Waals surface area contributed by atoms with Gasteiger partial charge in [-0.25, -0.2) is 9.29 Å². The van der Waals surface area contributed by atoms with E-state index in [0.717, 1.165) is 0 Å². The van der Waals surface area contributed by atoms with Crippen LogP contribution in [0.2, 0.25) is 0 Å². The third kappa shape index (κ3) is 1.34. The van der Waals surface area contributed by atoms with E-state index < -0.39 is 28.4 Å². The SMILES string of the molecule is O=C(O)CN1C(=O)c2cccnc2S1(=O)=O. The standard InChI is InChI=1S/C8H6N2O5S/c11-6(12)4-10-8(13)5-2-1-3-9-7(5)16(10,14)15/h1-3H,4H2,(H,11,12). The van der Waals surface area contributed by atoms with E-state index in [9.17, 15) is 18.0 Å². The molecule has 0 radical (unpaired) electrons. The molecule has 0 saturated heterocycles. The first-order valence-corrected chi connectivity index (χ1v) is 5.62. The van der Waals surface area contributed by atoms with Gasteiger partial charge in [0.25, 0.3) is 15.9 Å². The number of carbonyl (C=O) groups is 2. The van der Waals surface area contributed by atoms with Crippen LogP contribution < -0.4 is 0 Å². The molecule has 2 rings (SSSR count). The van der Waals surface area contributed by atoms with Gasteiger partial charge in [-0.2, -0.15) is 8.42 Å². The Hall–Kier alpha value is -1.96. The average molecular weight is 242 g/mol. The van der Waals surface area contributed by atoms with Crippen LogP contribution >= 0.6 is 0 Å². The molecule has 1 aliphatic rings. The van der Waals surface area contributed by atoms with Crippen LogP contribution in [0.25, 0.3) is 0 Å². The minimum atomic E-state index is -4.10. The van der Waals surface area contributed by atoms with Gasteiger partial charge >= 0.3 is 5.97 Å². The van der Waals surface area contributed by atoms with Gasteiger partial charge in [-0.1, -0.05) is 0 Å². The van der Waals surface area contributed by atoms with E-state index >= 15 is 0 Å². The highest BCUT2D eigenvalue weighted by atomic mass is 32.2. The smallest absolute Gasteiger partial charge is 0.324 e. The summed E-state index contributed by atoms with van der Waals surface area (Å²) in [4.78, 5) is 25.6. The van der Waals surface area contributed by atoms with E-state index in [-0.39, 0.29) is 10.6 Å². The van der Waals surface area contributed by atoms with Crippen molar-refractivity contribution in [1.82, 2.24) is 9.29 Å². The molecule has 1 aromatic rings. The Morgan fingerprint density at radius 2 is 2.19 bits per heavy atom. The van der Waals surface area contributed by atoms with E-state index in [1.165, 1.54) is 18.3 Å². The molecular weight excluding hydrogens is 236 g/mol. The lowest BCUT2D eigenvalue weighted by atomic mass is 10.3. The molecule has 0 atom stereocenters. The molecular formula is C8H6N2O5S. The minimum Gasteiger partial charge on any atom is -0.480 e. The molecule has 2 heterocycles. The number of amides is 1. The lowest BCUT2D eigenvalue weighted by molar-refractivity contribution is -0.136. The summed E-state index contributed by atoms with van der Waals surface area (Å²) >= 11 is 0. The van der Waals surface area contributed by atoms with E-state index in [1.807, 2.05) is 0 Å². The summed E-state index contributed by atoms with van der Waals surface area (Å²) in [7, 11) is -4.10.